The van der Waals surface area contributed by atoms with Crippen LogP contribution < -0.4 is 16.0 Å². The van der Waals surface area contributed by atoms with E-state index in [1.54, 1.807) is 12.1 Å². The molecule has 1 saturated carbocycles. The van der Waals surface area contributed by atoms with E-state index in [0.29, 0.717) is 17.2 Å². The summed E-state index contributed by atoms with van der Waals surface area (Å²) in [5.74, 6) is 0.355. The van der Waals surface area contributed by atoms with Crippen LogP contribution in [0.3, 0.4) is 0 Å². The number of carbonyl (C=O) groups is 2. The number of hydrogen-bond acceptors (Lipinski definition) is 5. The number of H-pyrrole nitrogens is 1. The van der Waals surface area contributed by atoms with Crippen molar-refractivity contribution in [2.75, 3.05) is 10.6 Å². The van der Waals surface area contributed by atoms with Gasteiger partial charge in [-0.1, -0.05) is 79.0 Å². The lowest BCUT2D eigenvalue weighted by molar-refractivity contribution is 0.102. The topological polar surface area (TPSA) is 125 Å². The third-order valence-electron chi connectivity index (χ3n) is 6.73. The summed E-state index contributed by atoms with van der Waals surface area (Å²) < 4.78 is 0. The quantitative estimate of drug-likeness (QED) is 0.273. The number of nitrogens with one attached hydrogen (secondary N) is 4. The zero-order chi connectivity index (χ0) is 25.5. The monoisotopic (exact) mass is 495 g/mol. The number of hydrogen-bond donors (Lipinski definition) is 4. The molecule has 1 aromatic heterocycles. The van der Waals surface area contributed by atoms with Crippen molar-refractivity contribution in [2.45, 2.75) is 44.1 Å². The Bertz CT molecular complexity index is 1300. The molecule has 4 N–H and O–H groups in total. The molecular weight excluding hydrogens is 466 g/mol. The molecular formula is C28H29N7O2. The van der Waals surface area contributed by atoms with Crippen LogP contribution in [0.15, 0.2) is 78.9 Å². The molecule has 9 nitrogen and oxygen atoms in total. The maximum atomic E-state index is 12.9. The molecule has 1 atom stereocenters. The van der Waals surface area contributed by atoms with Gasteiger partial charge in [0.25, 0.3) is 11.9 Å². The van der Waals surface area contributed by atoms with Crippen molar-refractivity contribution in [3.63, 3.8) is 0 Å². The number of aromatic amines is 1. The number of tetrazole rings is 1. The second-order valence-electron chi connectivity index (χ2n) is 9.21. The Morgan fingerprint density at radius 1 is 0.811 bits per heavy atom. The molecule has 0 aliphatic heterocycles. The fraction of sp³-hybridized carbons (Fsp3) is 0.250. The van der Waals surface area contributed by atoms with Gasteiger partial charge in [-0.25, -0.2) is 4.79 Å². The third kappa shape index (κ3) is 6.19. The van der Waals surface area contributed by atoms with Crippen LogP contribution in [0.1, 0.15) is 71.1 Å². The highest BCUT2D eigenvalue weighted by molar-refractivity contribution is 6.03. The van der Waals surface area contributed by atoms with Gasteiger partial charge < -0.3 is 10.6 Å². The molecule has 9 heteroatoms. The summed E-state index contributed by atoms with van der Waals surface area (Å²) in [6, 6.07) is 24.3. The standard InChI is InChI=1S/C28H29N7O2/c36-26(31-27-32-34-35-33-27)23-17-15-22(16-18-23)25(30-28(37)29-24-9-5-2-6-10-24)21-13-11-20(12-14-21)19-7-3-1-4-8-19/h2,5-6,9-19,25H,1,3-4,7-8H2,(H2,29,30,37)(H2,31,32,33,34,35,36). The first-order valence-electron chi connectivity index (χ1n) is 12.5. The Morgan fingerprint density at radius 3 is 2.14 bits per heavy atom. The molecule has 0 bridgehead atoms. The van der Waals surface area contributed by atoms with Crippen LogP contribution in [-0.2, 0) is 0 Å². The van der Waals surface area contributed by atoms with Gasteiger partial charge in [0, 0.05) is 11.3 Å². The minimum Gasteiger partial charge on any atom is -0.327 e. The van der Waals surface area contributed by atoms with Gasteiger partial charge in [-0.2, -0.15) is 5.21 Å². The van der Waals surface area contributed by atoms with Crippen LogP contribution in [0.2, 0.25) is 0 Å². The highest BCUT2D eigenvalue weighted by Crippen LogP contribution is 2.33. The highest BCUT2D eigenvalue weighted by Gasteiger charge is 2.20. The van der Waals surface area contributed by atoms with E-state index in [1.807, 2.05) is 42.5 Å². The van der Waals surface area contributed by atoms with E-state index in [2.05, 4.69) is 60.8 Å². The van der Waals surface area contributed by atoms with E-state index in [9.17, 15) is 9.59 Å². The maximum absolute atomic E-state index is 12.9. The Kier molecular flexibility index (Phi) is 7.50. The first-order chi connectivity index (χ1) is 18.2. The fourth-order valence-corrected chi connectivity index (χ4v) is 4.79. The van der Waals surface area contributed by atoms with Crippen molar-refractivity contribution < 1.29 is 9.59 Å². The molecule has 1 unspecified atom stereocenters. The molecule has 3 aromatic carbocycles. The number of benzene rings is 3. The minimum absolute atomic E-state index is 0.101. The van der Waals surface area contributed by atoms with Gasteiger partial charge in [0.1, 0.15) is 0 Å². The molecule has 5 rings (SSSR count). The predicted octanol–water partition coefficient (Wildman–Crippen LogP) is 5.41. The summed E-state index contributed by atoms with van der Waals surface area (Å²) in [5, 5.41) is 21.8. The van der Waals surface area contributed by atoms with Crippen LogP contribution >= 0.6 is 0 Å². The summed E-state index contributed by atoms with van der Waals surface area (Å²) in [6.45, 7) is 0. The van der Waals surface area contributed by atoms with E-state index in [-0.39, 0.29) is 17.9 Å². The van der Waals surface area contributed by atoms with Crippen LogP contribution in [0.25, 0.3) is 0 Å². The fourth-order valence-electron chi connectivity index (χ4n) is 4.79. The summed E-state index contributed by atoms with van der Waals surface area (Å²) in [5.41, 5.74) is 4.31. The first-order valence-corrected chi connectivity index (χ1v) is 12.5. The summed E-state index contributed by atoms with van der Waals surface area (Å²) in [6.07, 6.45) is 6.34. The number of rotatable bonds is 7. The van der Waals surface area contributed by atoms with Crippen LogP contribution in [0.5, 0.6) is 0 Å². The van der Waals surface area contributed by atoms with Gasteiger partial charge >= 0.3 is 6.03 Å². The van der Waals surface area contributed by atoms with Gasteiger partial charge in [0.05, 0.1) is 6.04 Å². The number of aromatic nitrogens is 4. The average molecular weight is 496 g/mol. The molecule has 37 heavy (non-hydrogen) atoms. The van der Waals surface area contributed by atoms with E-state index >= 15 is 0 Å². The van der Waals surface area contributed by atoms with Crippen LogP contribution in [0, 0.1) is 0 Å². The smallest absolute Gasteiger partial charge is 0.319 e. The summed E-state index contributed by atoms with van der Waals surface area (Å²) in [7, 11) is 0. The average Bonchev–Trinajstić information content (AvgIpc) is 3.46. The van der Waals surface area contributed by atoms with Crippen molar-refractivity contribution in [3.05, 3.63) is 101 Å². The van der Waals surface area contributed by atoms with Crippen molar-refractivity contribution >= 4 is 23.6 Å². The summed E-state index contributed by atoms with van der Waals surface area (Å²) >= 11 is 0. The molecule has 1 aliphatic carbocycles. The van der Waals surface area contributed by atoms with Gasteiger partial charge in [-0.05, 0) is 64.9 Å². The number of nitrogens with zero attached hydrogens (tertiary/aromatic N) is 3. The molecule has 0 radical (unpaired) electrons. The molecule has 1 aliphatic rings. The van der Waals surface area contributed by atoms with Gasteiger partial charge in [0.15, 0.2) is 0 Å². The molecule has 0 spiro atoms. The van der Waals surface area contributed by atoms with Gasteiger partial charge in [-0.3, -0.25) is 10.1 Å². The number of carbonyl (C=O) groups excluding carboxylic acids is 2. The minimum atomic E-state index is -0.404. The molecule has 1 heterocycles. The molecule has 3 amide bonds. The number of para-hydroxylation sites is 1. The normalized spacial score (nSPS) is 14.5. The van der Waals surface area contributed by atoms with Gasteiger partial charge in [-0.15, -0.1) is 5.10 Å². The zero-order valence-corrected chi connectivity index (χ0v) is 20.4. The van der Waals surface area contributed by atoms with Crippen LogP contribution in [0.4, 0.5) is 16.4 Å². The predicted molar refractivity (Wildman–Crippen MR) is 141 cm³/mol. The second-order valence-corrected chi connectivity index (χ2v) is 9.21. The maximum Gasteiger partial charge on any atom is 0.319 e. The summed E-state index contributed by atoms with van der Waals surface area (Å²) in [4.78, 5) is 25.4. The van der Waals surface area contributed by atoms with Crippen molar-refractivity contribution in [3.8, 4) is 0 Å². The Morgan fingerprint density at radius 2 is 1.49 bits per heavy atom. The first kappa shape index (κ1) is 24.2. The highest BCUT2D eigenvalue weighted by atomic mass is 16.2. The van der Waals surface area contributed by atoms with E-state index in [0.717, 1.165) is 11.1 Å². The van der Waals surface area contributed by atoms with Crippen molar-refractivity contribution in [2.24, 2.45) is 0 Å². The SMILES string of the molecule is O=C(Nc1ccccc1)NC(c1ccc(C(=O)Nc2nn[nH]n2)cc1)c1ccc(C2CCCCC2)cc1. The van der Waals surface area contributed by atoms with E-state index in [4.69, 9.17) is 0 Å². The van der Waals surface area contributed by atoms with E-state index in [1.165, 1.54) is 37.7 Å². The molecule has 1 fully saturated rings. The van der Waals surface area contributed by atoms with Gasteiger partial charge in [0.2, 0.25) is 0 Å². The molecule has 4 aromatic rings. The van der Waals surface area contributed by atoms with Crippen molar-refractivity contribution in [1.29, 1.82) is 0 Å². The third-order valence-corrected chi connectivity index (χ3v) is 6.73. The Labute approximate surface area is 215 Å². The number of anilines is 2. The second kappa shape index (κ2) is 11.5. The molecule has 188 valence electrons. The number of urea groups is 1. The van der Waals surface area contributed by atoms with Crippen molar-refractivity contribution in [1.82, 2.24) is 25.9 Å². The lowest BCUT2D eigenvalue weighted by Gasteiger charge is -2.24. The zero-order valence-electron chi connectivity index (χ0n) is 20.4. The largest absolute Gasteiger partial charge is 0.327 e. The lowest BCUT2D eigenvalue weighted by atomic mass is 9.83. The lowest BCUT2D eigenvalue weighted by Crippen LogP contribution is -2.33. The van der Waals surface area contributed by atoms with Crippen LogP contribution in [-0.4, -0.2) is 32.6 Å². The Balaban J connectivity index is 1.36. The number of amides is 3. The Hall–Kier alpha value is -4.53. The molecule has 0 saturated heterocycles. The van der Waals surface area contributed by atoms with E-state index < -0.39 is 6.04 Å².